The number of carbonyl (C=O) groups is 1. The van der Waals surface area contributed by atoms with E-state index in [1.807, 2.05) is 12.1 Å². The molecule has 3 rings (SSSR count). The van der Waals surface area contributed by atoms with Crippen molar-refractivity contribution in [2.75, 3.05) is 0 Å². The molecule has 2 aromatic carbocycles. The first-order valence-corrected chi connectivity index (χ1v) is 11.7. The predicted molar refractivity (Wildman–Crippen MR) is 133 cm³/mol. The van der Waals surface area contributed by atoms with Crippen LogP contribution in [0, 0.1) is 17.8 Å². The summed E-state index contributed by atoms with van der Waals surface area (Å²) in [6.07, 6.45) is 2.47. The normalized spacial score (nSPS) is 12.5. The van der Waals surface area contributed by atoms with E-state index < -0.39 is 0 Å². The molecule has 0 saturated heterocycles. The molecule has 166 valence electrons. The van der Waals surface area contributed by atoms with Crippen LogP contribution in [0.1, 0.15) is 81.6 Å². The molecule has 31 heavy (non-hydrogen) atoms. The number of aryl methyl sites for hydroxylation is 1. The number of Topliss-reactive ketones (excluding diaryl/α,β-unsaturated/α-hetero) is 1. The number of hydrogen-bond acceptors (Lipinski definition) is 1. The topological polar surface area (TPSA) is 22.0 Å². The van der Waals surface area contributed by atoms with Gasteiger partial charge in [0.1, 0.15) is 0 Å². The van der Waals surface area contributed by atoms with Crippen LogP contribution < -0.4 is 0 Å². The van der Waals surface area contributed by atoms with E-state index in [9.17, 15) is 4.79 Å². The fourth-order valence-corrected chi connectivity index (χ4v) is 4.24. The third-order valence-corrected chi connectivity index (χ3v) is 6.41. The Morgan fingerprint density at radius 3 is 2.23 bits per heavy atom. The van der Waals surface area contributed by atoms with E-state index in [4.69, 9.17) is 11.6 Å². The SMILES string of the molecule is CCC(C)(C)Cc1c(C(=O)CC(C)(C)C)c2cc(C)ccc2n1Cc1ccc(Cl)cc1. The molecule has 0 radical (unpaired) electrons. The minimum absolute atomic E-state index is 0.0525. The number of rotatable bonds is 7. The standard InChI is InChI=1S/C28H36ClNO/c1-8-28(6,7)16-24-26(25(31)17-27(3,4)5)22-15-19(2)9-14-23(22)30(24)18-20-10-12-21(29)13-11-20/h9-15H,8,16-18H2,1-7H3. The van der Waals surface area contributed by atoms with Crippen LogP contribution in [0.25, 0.3) is 10.9 Å². The highest BCUT2D eigenvalue weighted by Crippen LogP contribution is 2.36. The molecule has 1 aromatic heterocycles. The predicted octanol–water partition coefficient (Wildman–Crippen LogP) is 8.25. The van der Waals surface area contributed by atoms with Crippen LogP contribution in [-0.2, 0) is 13.0 Å². The van der Waals surface area contributed by atoms with Gasteiger partial charge in [-0.3, -0.25) is 4.79 Å². The van der Waals surface area contributed by atoms with Crippen LogP contribution in [0.3, 0.4) is 0 Å². The summed E-state index contributed by atoms with van der Waals surface area (Å²) in [5, 5.41) is 1.83. The maximum atomic E-state index is 13.7. The summed E-state index contributed by atoms with van der Waals surface area (Å²) < 4.78 is 2.37. The number of nitrogens with zero attached hydrogens (tertiary/aromatic N) is 1. The van der Waals surface area contributed by atoms with Gasteiger partial charge in [0.2, 0.25) is 0 Å². The second-order valence-corrected chi connectivity index (χ2v) is 11.3. The summed E-state index contributed by atoms with van der Waals surface area (Å²) in [4.78, 5) is 13.7. The summed E-state index contributed by atoms with van der Waals surface area (Å²) in [6.45, 7) is 16.1. The minimum atomic E-state index is -0.0525. The van der Waals surface area contributed by atoms with Crippen molar-refractivity contribution in [3.05, 3.63) is 69.9 Å². The third kappa shape index (κ3) is 5.60. The van der Waals surface area contributed by atoms with E-state index in [-0.39, 0.29) is 16.6 Å². The van der Waals surface area contributed by atoms with Gasteiger partial charge in [0.05, 0.1) is 0 Å². The lowest BCUT2D eigenvalue weighted by atomic mass is 9.82. The van der Waals surface area contributed by atoms with Crippen LogP contribution in [0.2, 0.25) is 5.02 Å². The highest BCUT2D eigenvalue weighted by Gasteiger charge is 2.29. The van der Waals surface area contributed by atoms with Crippen LogP contribution in [0.5, 0.6) is 0 Å². The zero-order valence-corrected chi connectivity index (χ0v) is 20.9. The molecular weight excluding hydrogens is 402 g/mol. The first-order chi connectivity index (χ1) is 14.4. The van der Waals surface area contributed by atoms with E-state index in [0.29, 0.717) is 6.42 Å². The molecule has 3 aromatic rings. The van der Waals surface area contributed by atoms with E-state index in [1.54, 1.807) is 0 Å². The Kier molecular flexibility index (Phi) is 6.72. The molecular formula is C28H36ClNO. The third-order valence-electron chi connectivity index (χ3n) is 6.15. The first-order valence-electron chi connectivity index (χ1n) is 11.3. The van der Waals surface area contributed by atoms with E-state index >= 15 is 0 Å². The van der Waals surface area contributed by atoms with Crippen molar-refractivity contribution in [2.24, 2.45) is 10.8 Å². The van der Waals surface area contributed by atoms with Gasteiger partial charge in [-0.15, -0.1) is 0 Å². The Labute approximate surface area is 192 Å². The summed E-state index contributed by atoms with van der Waals surface area (Å²) in [7, 11) is 0. The molecule has 0 amide bonds. The molecule has 0 bridgehead atoms. The van der Waals surface area contributed by atoms with Gasteiger partial charge >= 0.3 is 0 Å². The van der Waals surface area contributed by atoms with Gasteiger partial charge in [0.25, 0.3) is 0 Å². The quantitative estimate of drug-likeness (QED) is 0.341. The number of halogens is 1. The number of carbonyl (C=O) groups excluding carboxylic acids is 1. The van der Waals surface area contributed by atoms with Gasteiger partial charge in [0.15, 0.2) is 5.78 Å². The molecule has 0 atom stereocenters. The van der Waals surface area contributed by atoms with Crippen LogP contribution in [0.15, 0.2) is 42.5 Å². The summed E-state index contributed by atoms with van der Waals surface area (Å²) >= 11 is 6.12. The molecule has 0 aliphatic heterocycles. The molecule has 1 heterocycles. The van der Waals surface area contributed by atoms with Gasteiger partial charge < -0.3 is 4.57 Å². The Balaban J connectivity index is 2.26. The van der Waals surface area contributed by atoms with Crippen molar-refractivity contribution in [3.8, 4) is 0 Å². The number of fused-ring (bicyclic) bond motifs is 1. The van der Waals surface area contributed by atoms with Gasteiger partial charge in [0, 0.05) is 40.1 Å². The molecule has 0 unspecified atom stereocenters. The number of benzene rings is 2. The Hall–Kier alpha value is -2.06. The van der Waals surface area contributed by atoms with Gasteiger partial charge in [-0.1, -0.05) is 83.3 Å². The number of aromatic nitrogens is 1. The van der Waals surface area contributed by atoms with Gasteiger partial charge in [-0.2, -0.15) is 0 Å². The van der Waals surface area contributed by atoms with Crippen molar-refractivity contribution in [1.82, 2.24) is 4.57 Å². The minimum Gasteiger partial charge on any atom is -0.339 e. The Morgan fingerprint density at radius 2 is 1.65 bits per heavy atom. The van der Waals surface area contributed by atoms with Gasteiger partial charge in [-0.05, 0) is 54.0 Å². The van der Waals surface area contributed by atoms with Crippen molar-refractivity contribution < 1.29 is 4.79 Å². The second kappa shape index (κ2) is 8.82. The maximum Gasteiger partial charge on any atom is 0.165 e. The molecule has 0 aliphatic carbocycles. The molecule has 0 spiro atoms. The van der Waals surface area contributed by atoms with E-state index in [0.717, 1.165) is 46.6 Å². The molecule has 0 fully saturated rings. The summed E-state index contributed by atoms with van der Waals surface area (Å²) in [6, 6.07) is 14.5. The van der Waals surface area contributed by atoms with Crippen molar-refractivity contribution in [2.45, 2.75) is 74.3 Å². The van der Waals surface area contributed by atoms with Crippen molar-refractivity contribution >= 4 is 28.3 Å². The lowest BCUT2D eigenvalue weighted by Gasteiger charge is -2.25. The fourth-order valence-electron chi connectivity index (χ4n) is 4.12. The van der Waals surface area contributed by atoms with Crippen LogP contribution in [0.4, 0.5) is 0 Å². The Morgan fingerprint density at radius 1 is 1.00 bits per heavy atom. The lowest BCUT2D eigenvalue weighted by molar-refractivity contribution is 0.0939. The maximum absolute atomic E-state index is 13.7. The highest BCUT2D eigenvalue weighted by molar-refractivity contribution is 6.30. The molecule has 0 saturated carbocycles. The molecule has 0 N–H and O–H groups in total. The summed E-state index contributed by atoms with van der Waals surface area (Å²) in [5.41, 5.74) is 5.65. The van der Waals surface area contributed by atoms with Crippen molar-refractivity contribution in [1.29, 1.82) is 0 Å². The molecule has 0 aliphatic rings. The van der Waals surface area contributed by atoms with Crippen molar-refractivity contribution in [3.63, 3.8) is 0 Å². The van der Waals surface area contributed by atoms with Crippen LogP contribution >= 0.6 is 11.6 Å². The molecule has 2 nitrogen and oxygen atoms in total. The largest absolute Gasteiger partial charge is 0.339 e. The van der Waals surface area contributed by atoms with Crippen LogP contribution in [-0.4, -0.2) is 10.4 Å². The second-order valence-electron chi connectivity index (χ2n) is 10.9. The zero-order valence-electron chi connectivity index (χ0n) is 20.1. The monoisotopic (exact) mass is 437 g/mol. The number of hydrogen-bond donors (Lipinski definition) is 0. The first kappa shape index (κ1) is 23.6. The number of ketones is 1. The lowest BCUT2D eigenvalue weighted by Crippen LogP contribution is -2.20. The average molecular weight is 438 g/mol. The van der Waals surface area contributed by atoms with E-state index in [1.165, 1.54) is 11.1 Å². The fraction of sp³-hybridized carbons (Fsp3) is 0.464. The Bertz CT molecular complexity index is 1080. The van der Waals surface area contributed by atoms with Gasteiger partial charge in [-0.25, -0.2) is 0 Å². The zero-order chi connectivity index (χ0) is 23.0. The summed E-state index contributed by atoms with van der Waals surface area (Å²) in [5.74, 6) is 0.250. The average Bonchev–Trinajstić information content (AvgIpc) is 2.94. The smallest absolute Gasteiger partial charge is 0.165 e. The molecule has 3 heteroatoms. The van der Waals surface area contributed by atoms with E-state index in [2.05, 4.69) is 83.4 Å². The highest BCUT2D eigenvalue weighted by atomic mass is 35.5.